The molecule has 4 heteroatoms. The number of piperidine rings is 1. The highest BCUT2D eigenvalue weighted by molar-refractivity contribution is 5.79. The molecular weight excluding hydrogens is 288 g/mol. The zero-order chi connectivity index (χ0) is 17.3. The first kappa shape index (κ1) is 18.0. The summed E-state index contributed by atoms with van der Waals surface area (Å²) in [4.78, 5) is 18.3. The summed E-state index contributed by atoms with van der Waals surface area (Å²) in [6.07, 6.45) is 3.51. The molecule has 0 saturated carbocycles. The second kappa shape index (κ2) is 6.62. The van der Waals surface area contributed by atoms with E-state index in [1.54, 1.807) is 0 Å². The van der Waals surface area contributed by atoms with Crippen LogP contribution < -0.4 is 5.73 Å². The summed E-state index contributed by atoms with van der Waals surface area (Å²) in [7, 11) is 0. The van der Waals surface area contributed by atoms with Crippen LogP contribution in [0.25, 0.3) is 0 Å². The maximum Gasteiger partial charge on any atom is 0.222 e. The van der Waals surface area contributed by atoms with Crippen molar-refractivity contribution in [2.45, 2.75) is 64.6 Å². The maximum atomic E-state index is 11.9. The van der Waals surface area contributed by atoms with E-state index in [0.717, 1.165) is 18.4 Å². The van der Waals surface area contributed by atoms with Crippen LogP contribution in [0.5, 0.6) is 0 Å². The highest BCUT2D eigenvalue weighted by atomic mass is 16.7. The molecule has 23 heavy (non-hydrogen) atoms. The largest absolute Gasteiger partial charge is 0.369 e. The summed E-state index contributed by atoms with van der Waals surface area (Å²) in [6, 6.07) is 10.1. The molecule has 0 bridgehead atoms. The summed E-state index contributed by atoms with van der Waals surface area (Å²) in [5.41, 5.74) is 6.13. The lowest BCUT2D eigenvalue weighted by Crippen LogP contribution is -2.65. The standard InChI is InChI=1S/C19H29N2O2/c1-6-19(5)16(17(20)22)12-13-18(3,4)21(19)23-14(2)15-10-8-7-9-11-15/h7-12,14,16H,6,13H2,1-5H3,(H2,20,22). The van der Waals surface area contributed by atoms with E-state index >= 15 is 0 Å². The van der Waals surface area contributed by atoms with E-state index in [9.17, 15) is 4.79 Å². The van der Waals surface area contributed by atoms with Gasteiger partial charge in [0, 0.05) is 5.54 Å². The highest BCUT2D eigenvalue weighted by Crippen LogP contribution is 2.45. The van der Waals surface area contributed by atoms with E-state index in [1.807, 2.05) is 30.2 Å². The van der Waals surface area contributed by atoms with Crippen molar-refractivity contribution in [1.82, 2.24) is 5.06 Å². The minimum atomic E-state index is -0.448. The molecule has 1 heterocycles. The van der Waals surface area contributed by atoms with Crippen LogP contribution in [0.4, 0.5) is 0 Å². The molecule has 3 atom stereocenters. The average molecular weight is 317 g/mol. The number of carbonyl (C=O) groups excluding carboxylic acids is 1. The van der Waals surface area contributed by atoms with Gasteiger partial charge in [-0.25, -0.2) is 0 Å². The Balaban J connectivity index is 2.32. The first-order valence-electron chi connectivity index (χ1n) is 8.37. The van der Waals surface area contributed by atoms with Gasteiger partial charge in [-0.2, -0.15) is 5.06 Å². The molecule has 127 valence electrons. The van der Waals surface area contributed by atoms with Crippen molar-refractivity contribution in [2.75, 3.05) is 0 Å². The Morgan fingerprint density at radius 3 is 2.48 bits per heavy atom. The molecule has 1 amide bonds. The lowest BCUT2D eigenvalue weighted by Gasteiger charge is -2.56. The van der Waals surface area contributed by atoms with Crippen LogP contribution in [0.3, 0.4) is 0 Å². The van der Waals surface area contributed by atoms with Gasteiger partial charge in [0.2, 0.25) is 5.91 Å². The number of primary amides is 1. The van der Waals surface area contributed by atoms with Gasteiger partial charge in [0.1, 0.15) is 6.10 Å². The van der Waals surface area contributed by atoms with E-state index in [0.29, 0.717) is 0 Å². The predicted octanol–water partition coefficient (Wildman–Crippen LogP) is 3.64. The Morgan fingerprint density at radius 2 is 1.96 bits per heavy atom. The molecule has 3 unspecified atom stereocenters. The number of nitrogens with two attached hydrogens (primary N) is 1. The first-order valence-corrected chi connectivity index (χ1v) is 8.37. The quantitative estimate of drug-likeness (QED) is 0.902. The van der Waals surface area contributed by atoms with Crippen LogP contribution in [0, 0.1) is 12.3 Å². The molecular formula is C19H29N2O2. The fraction of sp³-hybridized carbons (Fsp3) is 0.579. The maximum absolute atomic E-state index is 11.9. The monoisotopic (exact) mass is 317 g/mol. The molecule has 1 aromatic rings. The van der Waals surface area contributed by atoms with Gasteiger partial charge in [-0.1, -0.05) is 37.3 Å². The summed E-state index contributed by atoms with van der Waals surface area (Å²) in [5.74, 6) is -0.602. The van der Waals surface area contributed by atoms with E-state index in [2.05, 4.69) is 46.2 Å². The van der Waals surface area contributed by atoms with Crippen LogP contribution in [0.15, 0.2) is 30.3 Å². The fourth-order valence-electron chi connectivity index (χ4n) is 3.55. The second-order valence-electron chi connectivity index (χ2n) is 7.30. The number of hydrogen-bond acceptors (Lipinski definition) is 3. The highest BCUT2D eigenvalue weighted by Gasteiger charge is 2.52. The summed E-state index contributed by atoms with van der Waals surface area (Å²) in [5, 5.41) is 2.02. The molecule has 1 saturated heterocycles. The van der Waals surface area contributed by atoms with E-state index in [-0.39, 0.29) is 23.5 Å². The number of rotatable bonds is 5. The topological polar surface area (TPSA) is 55.6 Å². The van der Waals surface area contributed by atoms with Gasteiger partial charge < -0.3 is 5.73 Å². The molecule has 4 nitrogen and oxygen atoms in total. The van der Waals surface area contributed by atoms with Crippen molar-refractivity contribution in [3.63, 3.8) is 0 Å². The summed E-state index contributed by atoms with van der Waals surface area (Å²) >= 11 is 0. The van der Waals surface area contributed by atoms with Crippen molar-refractivity contribution < 1.29 is 9.63 Å². The Hall–Kier alpha value is -1.39. The van der Waals surface area contributed by atoms with Crippen molar-refractivity contribution >= 4 is 5.91 Å². The molecule has 1 fully saturated rings. The number of nitrogens with zero attached hydrogens (tertiary/aromatic N) is 1. The number of hydroxylamine groups is 2. The van der Waals surface area contributed by atoms with Crippen LogP contribution in [-0.2, 0) is 9.63 Å². The molecule has 0 aliphatic carbocycles. The molecule has 2 rings (SSSR count). The van der Waals surface area contributed by atoms with Crippen molar-refractivity contribution in [3.8, 4) is 0 Å². The third-order valence-corrected chi connectivity index (χ3v) is 5.09. The molecule has 1 aliphatic rings. The summed E-state index contributed by atoms with van der Waals surface area (Å²) in [6.45, 7) is 10.5. The van der Waals surface area contributed by atoms with Gasteiger partial charge in [-0.15, -0.1) is 0 Å². The Labute approximate surface area is 139 Å². The van der Waals surface area contributed by atoms with Gasteiger partial charge in [0.05, 0.1) is 11.5 Å². The lowest BCUT2D eigenvalue weighted by atomic mass is 9.71. The van der Waals surface area contributed by atoms with Gasteiger partial charge in [-0.05, 0) is 52.5 Å². The van der Waals surface area contributed by atoms with Crippen molar-refractivity contribution in [2.24, 2.45) is 11.7 Å². The van der Waals surface area contributed by atoms with Gasteiger partial charge in [0.25, 0.3) is 0 Å². The fourth-order valence-corrected chi connectivity index (χ4v) is 3.55. The molecule has 0 spiro atoms. The molecule has 2 N–H and O–H groups in total. The lowest BCUT2D eigenvalue weighted by molar-refractivity contribution is -0.311. The van der Waals surface area contributed by atoms with Crippen molar-refractivity contribution in [1.29, 1.82) is 0 Å². The van der Waals surface area contributed by atoms with E-state index < -0.39 is 5.54 Å². The zero-order valence-electron chi connectivity index (χ0n) is 14.9. The minimum absolute atomic E-state index is 0.0898. The van der Waals surface area contributed by atoms with Gasteiger partial charge in [-0.3, -0.25) is 9.63 Å². The number of carbonyl (C=O) groups is 1. The van der Waals surface area contributed by atoms with Crippen LogP contribution in [0.1, 0.15) is 59.1 Å². The molecule has 1 aromatic carbocycles. The smallest absolute Gasteiger partial charge is 0.222 e. The normalized spacial score (nSPS) is 29.2. The number of amides is 1. The van der Waals surface area contributed by atoms with E-state index in [4.69, 9.17) is 10.6 Å². The van der Waals surface area contributed by atoms with Crippen LogP contribution >= 0.6 is 0 Å². The zero-order valence-corrected chi connectivity index (χ0v) is 14.9. The molecule has 1 aliphatic heterocycles. The minimum Gasteiger partial charge on any atom is -0.369 e. The Kier molecular flexibility index (Phi) is 5.17. The van der Waals surface area contributed by atoms with Crippen LogP contribution in [0.2, 0.25) is 0 Å². The Bertz CT molecular complexity index is 544. The van der Waals surface area contributed by atoms with Crippen molar-refractivity contribution in [3.05, 3.63) is 42.3 Å². The predicted molar refractivity (Wildman–Crippen MR) is 92.2 cm³/mol. The first-order chi connectivity index (χ1) is 10.7. The summed E-state index contributed by atoms with van der Waals surface area (Å²) < 4.78 is 0. The third-order valence-electron chi connectivity index (χ3n) is 5.09. The SMILES string of the molecule is CCC1(C)C(C(N)=O)[CH]CC(C)(C)N1OC(C)c1ccccc1. The van der Waals surface area contributed by atoms with Gasteiger partial charge in [0.15, 0.2) is 0 Å². The molecule has 1 radical (unpaired) electrons. The number of benzene rings is 1. The van der Waals surface area contributed by atoms with Crippen LogP contribution in [-0.4, -0.2) is 22.0 Å². The van der Waals surface area contributed by atoms with Gasteiger partial charge >= 0.3 is 0 Å². The third kappa shape index (κ3) is 3.43. The number of hydrogen-bond donors (Lipinski definition) is 1. The molecule has 0 aromatic heterocycles. The Morgan fingerprint density at radius 1 is 1.35 bits per heavy atom. The second-order valence-corrected chi connectivity index (χ2v) is 7.30. The van der Waals surface area contributed by atoms with E-state index in [1.165, 1.54) is 0 Å². The average Bonchev–Trinajstić information content (AvgIpc) is 2.51.